The number of rotatable bonds is 3. The highest BCUT2D eigenvalue weighted by Gasteiger charge is 2.23. The Morgan fingerprint density at radius 1 is 1.33 bits per heavy atom. The summed E-state index contributed by atoms with van der Waals surface area (Å²) in [6.07, 6.45) is 4.66. The van der Waals surface area contributed by atoms with Crippen LogP contribution in [-0.4, -0.2) is 22.2 Å². The Balaban J connectivity index is 2.14. The number of fused-ring (bicyclic) bond motifs is 1. The predicted octanol–water partition coefficient (Wildman–Crippen LogP) is 2.86. The van der Waals surface area contributed by atoms with Crippen molar-refractivity contribution >= 4 is 16.9 Å². The van der Waals surface area contributed by atoms with Crippen LogP contribution in [0.25, 0.3) is 10.9 Å². The van der Waals surface area contributed by atoms with Gasteiger partial charge in [-0.15, -0.1) is 0 Å². The Hall–Kier alpha value is -2.10. The van der Waals surface area contributed by atoms with E-state index in [0.29, 0.717) is 5.75 Å². The molecule has 0 radical (unpaired) electrons. The number of aromatic carboxylic acids is 1. The Morgan fingerprint density at radius 3 is 2.78 bits per heavy atom. The molecule has 2 aromatic rings. The standard InChI is InChI=1S/C14H13NO3/c16-14(17)11-8-15-12-7-2-1-6-10(12)13(11)18-9-4-3-5-9/h1-2,6-9H,3-5H2,(H,16,17). The van der Waals surface area contributed by atoms with Gasteiger partial charge in [0.2, 0.25) is 0 Å². The van der Waals surface area contributed by atoms with Crippen LogP contribution in [0.2, 0.25) is 0 Å². The van der Waals surface area contributed by atoms with Gasteiger partial charge in [0.1, 0.15) is 11.3 Å². The zero-order valence-corrected chi connectivity index (χ0v) is 9.80. The maximum Gasteiger partial charge on any atom is 0.341 e. The molecule has 0 unspecified atom stereocenters. The van der Waals surface area contributed by atoms with E-state index in [4.69, 9.17) is 4.74 Å². The van der Waals surface area contributed by atoms with Gasteiger partial charge in [0.05, 0.1) is 11.6 Å². The van der Waals surface area contributed by atoms with E-state index < -0.39 is 5.97 Å². The van der Waals surface area contributed by atoms with Gasteiger partial charge in [0.25, 0.3) is 0 Å². The van der Waals surface area contributed by atoms with E-state index in [2.05, 4.69) is 4.98 Å². The summed E-state index contributed by atoms with van der Waals surface area (Å²) in [4.78, 5) is 15.4. The zero-order valence-electron chi connectivity index (χ0n) is 9.80. The third-order valence-electron chi connectivity index (χ3n) is 3.29. The van der Waals surface area contributed by atoms with E-state index in [9.17, 15) is 9.90 Å². The van der Waals surface area contributed by atoms with Gasteiger partial charge in [-0.2, -0.15) is 0 Å². The second-order valence-corrected chi connectivity index (χ2v) is 4.49. The van der Waals surface area contributed by atoms with E-state index in [1.165, 1.54) is 6.20 Å². The van der Waals surface area contributed by atoms with E-state index in [0.717, 1.165) is 30.2 Å². The molecule has 0 spiro atoms. The topological polar surface area (TPSA) is 59.4 Å². The van der Waals surface area contributed by atoms with Crippen molar-refractivity contribution in [3.63, 3.8) is 0 Å². The monoisotopic (exact) mass is 243 g/mol. The lowest BCUT2D eigenvalue weighted by Crippen LogP contribution is -2.25. The highest BCUT2D eigenvalue weighted by atomic mass is 16.5. The summed E-state index contributed by atoms with van der Waals surface area (Å²) in [6, 6.07) is 7.45. The van der Waals surface area contributed by atoms with Crippen LogP contribution < -0.4 is 4.74 Å². The molecule has 18 heavy (non-hydrogen) atoms. The third kappa shape index (κ3) is 1.79. The molecule has 4 nitrogen and oxygen atoms in total. The van der Waals surface area contributed by atoms with Crippen molar-refractivity contribution in [2.45, 2.75) is 25.4 Å². The van der Waals surface area contributed by atoms with Gasteiger partial charge in [-0.1, -0.05) is 12.1 Å². The van der Waals surface area contributed by atoms with Gasteiger partial charge in [-0.05, 0) is 31.4 Å². The van der Waals surface area contributed by atoms with E-state index in [-0.39, 0.29) is 11.7 Å². The Kier molecular flexibility index (Phi) is 2.63. The maximum absolute atomic E-state index is 11.2. The normalized spacial score (nSPS) is 15.3. The lowest BCUT2D eigenvalue weighted by atomic mass is 9.96. The molecule has 0 aliphatic heterocycles. The number of carboxylic acid groups (broad SMARTS) is 1. The summed E-state index contributed by atoms with van der Waals surface area (Å²) >= 11 is 0. The number of carboxylic acids is 1. The van der Waals surface area contributed by atoms with Gasteiger partial charge in [-0.3, -0.25) is 4.98 Å². The van der Waals surface area contributed by atoms with Gasteiger partial charge in [0, 0.05) is 11.6 Å². The van der Waals surface area contributed by atoms with Crippen molar-refractivity contribution in [3.05, 3.63) is 36.0 Å². The lowest BCUT2D eigenvalue weighted by molar-refractivity contribution is 0.0680. The van der Waals surface area contributed by atoms with Gasteiger partial charge < -0.3 is 9.84 Å². The van der Waals surface area contributed by atoms with Gasteiger partial charge in [0.15, 0.2) is 0 Å². The minimum atomic E-state index is -0.998. The fourth-order valence-corrected chi connectivity index (χ4v) is 2.05. The average Bonchev–Trinajstić information content (AvgIpc) is 2.33. The largest absolute Gasteiger partial charge is 0.489 e. The van der Waals surface area contributed by atoms with E-state index in [1.54, 1.807) is 0 Å². The van der Waals surface area contributed by atoms with Crippen LogP contribution in [0.3, 0.4) is 0 Å². The van der Waals surface area contributed by atoms with Crippen LogP contribution in [0, 0.1) is 0 Å². The van der Waals surface area contributed by atoms with E-state index >= 15 is 0 Å². The molecule has 1 aromatic carbocycles. The van der Waals surface area contributed by atoms with Crippen LogP contribution in [0.1, 0.15) is 29.6 Å². The molecule has 1 saturated carbocycles. The highest BCUT2D eigenvalue weighted by Crippen LogP contribution is 2.33. The SMILES string of the molecule is O=C(O)c1cnc2ccccc2c1OC1CCC1. The van der Waals surface area contributed by atoms with Crippen molar-refractivity contribution in [1.82, 2.24) is 4.98 Å². The number of nitrogens with zero attached hydrogens (tertiary/aromatic N) is 1. The van der Waals surface area contributed by atoms with Crippen LogP contribution in [0.15, 0.2) is 30.5 Å². The number of benzene rings is 1. The molecule has 3 rings (SSSR count). The van der Waals surface area contributed by atoms with E-state index in [1.807, 2.05) is 24.3 Å². The van der Waals surface area contributed by atoms with Crippen molar-refractivity contribution < 1.29 is 14.6 Å². The molecule has 0 saturated heterocycles. The molecular formula is C14H13NO3. The van der Waals surface area contributed by atoms with Crippen molar-refractivity contribution in [1.29, 1.82) is 0 Å². The number of aromatic nitrogens is 1. The minimum Gasteiger partial charge on any atom is -0.489 e. The summed E-state index contributed by atoms with van der Waals surface area (Å²) in [6.45, 7) is 0. The quantitative estimate of drug-likeness (QED) is 0.900. The molecule has 1 aromatic heterocycles. The summed E-state index contributed by atoms with van der Waals surface area (Å²) in [5.41, 5.74) is 0.900. The first-order chi connectivity index (χ1) is 8.75. The number of carbonyl (C=O) groups is 1. The highest BCUT2D eigenvalue weighted by molar-refractivity contribution is 5.98. The Bertz CT molecular complexity index is 605. The molecule has 0 atom stereocenters. The molecule has 1 fully saturated rings. The first-order valence-electron chi connectivity index (χ1n) is 6.03. The molecule has 1 N–H and O–H groups in total. The lowest BCUT2D eigenvalue weighted by Gasteiger charge is -2.27. The first-order valence-corrected chi connectivity index (χ1v) is 6.03. The first kappa shape index (κ1) is 11.0. The fourth-order valence-electron chi connectivity index (χ4n) is 2.05. The van der Waals surface area contributed by atoms with Crippen molar-refractivity contribution in [2.24, 2.45) is 0 Å². The van der Waals surface area contributed by atoms with Gasteiger partial charge in [-0.25, -0.2) is 4.79 Å². The van der Waals surface area contributed by atoms with Crippen LogP contribution >= 0.6 is 0 Å². The van der Waals surface area contributed by atoms with Crippen LogP contribution in [0.4, 0.5) is 0 Å². The Labute approximate surface area is 104 Å². The number of hydrogen-bond donors (Lipinski definition) is 1. The summed E-state index contributed by atoms with van der Waals surface area (Å²) in [5, 5.41) is 9.98. The number of para-hydroxylation sites is 1. The number of ether oxygens (including phenoxy) is 1. The molecule has 0 bridgehead atoms. The predicted molar refractivity (Wildman–Crippen MR) is 67.0 cm³/mol. The maximum atomic E-state index is 11.2. The molecular weight excluding hydrogens is 230 g/mol. The fraction of sp³-hybridized carbons (Fsp3) is 0.286. The van der Waals surface area contributed by atoms with Crippen molar-refractivity contribution in [3.8, 4) is 5.75 Å². The second-order valence-electron chi connectivity index (χ2n) is 4.49. The molecule has 1 heterocycles. The molecule has 1 aliphatic carbocycles. The Morgan fingerprint density at radius 2 is 2.11 bits per heavy atom. The molecule has 0 amide bonds. The smallest absolute Gasteiger partial charge is 0.341 e. The van der Waals surface area contributed by atoms with Crippen LogP contribution in [0.5, 0.6) is 5.75 Å². The molecule has 4 heteroatoms. The summed E-state index contributed by atoms with van der Waals surface area (Å²) in [7, 11) is 0. The summed E-state index contributed by atoms with van der Waals surface area (Å²) < 4.78 is 5.84. The average molecular weight is 243 g/mol. The summed E-state index contributed by atoms with van der Waals surface area (Å²) in [5.74, 6) is -0.541. The number of hydrogen-bond acceptors (Lipinski definition) is 3. The number of pyridine rings is 1. The van der Waals surface area contributed by atoms with Crippen LogP contribution in [-0.2, 0) is 0 Å². The van der Waals surface area contributed by atoms with Gasteiger partial charge >= 0.3 is 5.97 Å². The van der Waals surface area contributed by atoms with Crippen molar-refractivity contribution in [2.75, 3.05) is 0 Å². The zero-order chi connectivity index (χ0) is 12.5. The minimum absolute atomic E-state index is 0.139. The molecule has 1 aliphatic rings. The second kappa shape index (κ2) is 4.29. The third-order valence-corrected chi connectivity index (χ3v) is 3.29. The molecule has 92 valence electrons.